The third kappa shape index (κ3) is 3.84. The van der Waals surface area contributed by atoms with E-state index in [4.69, 9.17) is 10.5 Å². The molecule has 0 radical (unpaired) electrons. The molecule has 1 aromatic carbocycles. The van der Waals surface area contributed by atoms with E-state index in [9.17, 15) is 0 Å². The summed E-state index contributed by atoms with van der Waals surface area (Å²) in [5, 5.41) is 3.39. The van der Waals surface area contributed by atoms with E-state index in [1.807, 2.05) is 25.1 Å². The molecule has 3 heteroatoms. The molecule has 1 atom stereocenters. The van der Waals surface area contributed by atoms with Gasteiger partial charge < -0.3 is 15.8 Å². The monoisotopic (exact) mass is 236 g/mol. The van der Waals surface area contributed by atoms with Crippen LogP contribution in [0.1, 0.15) is 27.7 Å². The van der Waals surface area contributed by atoms with Crippen molar-refractivity contribution in [1.29, 1.82) is 0 Å². The predicted octanol–water partition coefficient (Wildman–Crippen LogP) is 3.37. The van der Waals surface area contributed by atoms with Crippen LogP contribution < -0.4 is 15.8 Å². The van der Waals surface area contributed by atoms with Crippen LogP contribution in [0.15, 0.2) is 18.2 Å². The zero-order valence-corrected chi connectivity index (χ0v) is 11.3. The van der Waals surface area contributed by atoms with Gasteiger partial charge >= 0.3 is 0 Å². The summed E-state index contributed by atoms with van der Waals surface area (Å²) in [6, 6.07) is 5.85. The van der Waals surface area contributed by atoms with Crippen molar-refractivity contribution in [3.63, 3.8) is 0 Å². The Balaban J connectivity index is 2.68. The standard InChI is InChI=1S/C14H24N2O/c1-5-17-13-8-6-7-12(14(13)15)16-9-11(4)10(2)3/h6-8,10-11,16H,5,9,15H2,1-4H3. The average molecular weight is 236 g/mol. The Bertz CT molecular complexity index is 350. The molecule has 0 bridgehead atoms. The summed E-state index contributed by atoms with van der Waals surface area (Å²) in [7, 11) is 0. The molecule has 0 aliphatic rings. The number of nitrogen functional groups attached to an aromatic ring is 1. The minimum Gasteiger partial charge on any atom is -0.492 e. The number of nitrogens with one attached hydrogen (secondary N) is 1. The third-order valence-corrected chi connectivity index (χ3v) is 3.12. The number of hydrogen-bond acceptors (Lipinski definition) is 3. The van der Waals surface area contributed by atoms with E-state index in [1.165, 1.54) is 0 Å². The van der Waals surface area contributed by atoms with Crippen LogP contribution in [0, 0.1) is 11.8 Å². The molecule has 1 rings (SSSR count). The van der Waals surface area contributed by atoms with Crippen molar-refractivity contribution in [3.05, 3.63) is 18.2 Å². The van der Waals surface area contributed by atoms with Gasteiger partial charge in [0.15, 0.2) is 0 Å². The van der Waals surface area contributed by atoms with Crippen molar-refractivity contribution >= 4 is 11.4 Å². The second kappa shape index (κ2) is 6.38. The van der Waals surface area contributed by atoms with Crippen LogP contribution in [0.3, 0.4) is 0 Å². The van der Waals surface area contributed by atoms with Gasteiger partial charge in [0, 0.05) is 6.54 Å². The van der Waals surface area contributed by atoms with Crippen LogP contribution in [0.2, 0.25) is 0 Å². The van der Waals surface area contributed by atoms with Gasteiger partial charge in [0.25, 0.3) is 0 Å². The number of rotatable bonds is 6. The van der Waals surface area contributed by atoms with Crippen LogP contribution in [0.4, 0.5) is 11.4 Å². The maximum absolute atomic E-state index is 6.04. The normalized spacial score (nSPS) is 12.5. The SMILES string of the molecule is CCOc1cccc(NCC(C)C(C)C)c1N. The van der Waals surface area contributed by atoms with E-state index in [-0.39, 0.29) is 0 Å². The van der Waals surface area contributed by atoms with Gasteiger partial charge in [-0.2, -0.15) is 0 Å². The minimum atomic E-state index is 0.616. The minimum absolute atomic E-state index is 0.616. The Morgan fingerprint density at radius 1 is 1.29 bits per heavy atom. The zero-order valence-electron chi connectivity index (χ0n) is 11.3. The van der Waals surface area contributed by atoms with Crippen LogP contribution in [0.25, 0.3) is 0 Å². The van der Waals surface area contributed by atoms with E-state index in [0.29, 0.717) is 24.1 Å². The van der Waals surface area contributed by atoms with Gasteiger partial charge in [0.1, 0.15) is 5.75 Å². The molecular weight excluding hydrogens is 212 g/mol. The molecule has 17 heavy (non-hydrogen) atoms. The number of nitrogens with two attached hydrogens (primary N) is 1. The highest BCUT2D eigenvalue weighted by molar-refractivity contribution is 5.72. The first-order valence-electron chi connectivity index (χ1n) is 6.31. The van der Waals surface area contributed by atoms with E-state index in [0.717, 1.165) is 18.0 Å². The Kier molecular flexibility index (Phi) is 5.13. The molecule has 1 aromatic rings. The zero-order chi connectivity index (χ0) is 12.8. The molecule has 0 amide bonds. The molecular formula is C14H24N2O. The quantitative estimate of drug-likeness (QED) is 0.744. The van der Waals surface area contributed by atoms with Gasteiger partial charge in [-0.1, -0.05) is 26.8 Å². The molecule has 0 aromatic heterocycles. The summed E-state index contributed by atoms with van der Waals surface area (Å²) in [5.41, 5.74) is 7.71. The number of ether oxygens (including phenoxy) is 1. The van der Waals surface area contributed by atoms with Gasteiger partial charge in [-0.15, -0.1) is 0 Å². The van der Waals surface area contributed by atoms with Crippen molar-refractivity contribution in [2.24, 2.45) is 11.8 Å². The number of para-hydroxylation sites is 1. The van der Waals surface area contributed by atoms with Crippen LogP contribution in [0.5, 0.6) is 5.75 Å². The van der Waals surface area contributed by atoms with Crippen molar-refractivity contribution in [2.45, 2.75) is 27.7 Å². The van der Waals surface area contributed by atoms with Crippen molar-refractivity contribution in [2.75, 3.05) is 24.2 Å². The first-order chi connectivity index (χ1) is 8.06. The van der Waals surface area contributed by atoms with Gasteiger partial charge in [-0.25, -0.2) is 0 Å². The van der Waals surface area contributed by atoms with Crippen LogP contribution in [-0.2, 0) is 0 Å². The van der Waals surface area contributed by atoms with Gasteiger partial charge in [-0.3, -0.25) is 0 Å². The lowest BCUT2D eigenvalue weighted by molar-refractivity contribution is 0.342. The topological polar surface area (TPSA) is 47.3 Å². The summed E-state index contributed by atoms with van der Waals surface area (Å²) in [6.45, 7) is 10.2. The molecule has 0 saturated heterocycles. The molecule has 3 N–H and O–H groups in total. The lowest BCUT2D eigenvalue weighted by Crippen LogP contribution is -2.17. The predicted molar refractivity (Wildman–Crippen MR) is 74.5 cm³/mol. The van der Waals surface area contributed by atoms with E-state index in [2.05, 4.69) is 26.1 Å². The maximum atomic E-state index is 6.04. The molecule has 0 spiro atoms. The third-order valence-electron chi connectivity index (χ3n) is 3.12. The van der Waals surface area contributed by atoms with Gasteiger partial charge in [0.05, 0.1) is 18.0 Å². The number of benzene rings is 1. The summed E-state index contributed by atoms with van der Waals surface area (Å²) < 4.78 is 5.47. The number of anilines is 2. The second-order valence-electron chi connectivity index (χ2n) is 4.75. The summed E-state index contributed by atoms with van der Waals surface area (Å²) in [6.07, 6.45) is 0. The highest BCUT2D eigenvalue weighted by atomic mass is 16.5. The molecule has 0 saturated carbocycles. The first kappa shape index (κ1) is 13.7. The highest BCUT2D eigenvalue weighted by Gasteiger charge is 2.09. The smallest absolute Gasteiger partial charge is 0.144 e. The first-order valence-corrected chi connectivity index (χ1v) is 6.31. The summed E-state index contributed by atoms with van der Waals surface area (Å²) in [5.74, 6) is 2.04. The lowest BCUT2D eigenvalue weighted by atomic mass is 9.98. The molecule has 1 unspecified atom stereocenters. The Morgan fingerprint density at radius 3 is 2.59 bits per heavy atom. The van der Waals surface area contributed by atoms with Crippen molar-refractivity contribution in [3.8, 4) is 5.75 Å². The highest BCUT2D eigenvalue weighted by Crippen LogP contribution is 2.29. The second-order valence-corrected chi connectivity index (χ2v) is 4.75. The van der Waals surface area contributed by atoms with E-state index in [1.54, 1.807) is 0 Å². The Labute approximate surface area is 104 Å². The van der Waals surface area contributed by atoms with E-state index < -0.39 is 0 Å². The molecule has 0 aliphatic heterocycles. The molecule has 96 valence electrons. The van der Waals surface area contributed by atoms with Crippen LogP contribution >= 0.6 is 0 Å². The van der Waals surface area contributed by atoms with Crippen molar-refractivity contribution in [1.82, 2.24) is 0 Å². The molecule has 0 heterocycles. The molecule has 0 aliphatic carbocycles. The van der Waals surface area contributed by atoms with Crippen molar-refractivity contribution < 1.29 is 4.74 Å². The van der Waals surface area contributed by atoms with Gasteiger partial charge in [-0.05, 0) is 30.9 Å². The number of hydrogen-bond donors (Lipinski definition) is 2. The van der Waals surface area contributed by atoms with Gasteiger partial charge in [0.2, 0.25) is 0 Å². The fourth-order valence-electron chi connectivity index (χ4n) is 1.49. The maximum Gasteiger partial charge on any atom is 0.144 e. The lowest BCUT2D eigenvalue weighted by Gasteiger charge is -2.18. The fraction of sp³-hybridized carbons (Fsp3) is 0.571. The van der Waals surface area contributed by atoms with Crippen LogP contribution in [-0.4, -0.2) is 13.2 Å². The van der Waals surface area contributed by atoms with E-state index >= 15 is 0 Å². The molecule has 0 fully saturated rings. The Morgan fingerprint density at radius 2 is 2.00 bits per heavy atom. The Hall–Kier alpha value is -1.38. The molecule has 3 nitrogen and oxygen atoms in total. The summed E-state index contributed by atoms with van der Waals surface area (Å²) >= 11 is 0. The largest absolute Gasteiger partial charge is 0.492 e. The fourth-order valence-corrected chi connectivity index (χ4v) is 1.49. The summed E-state index contributed by atoms with van der Waals surface area (Å²) in [4.78, 5) is 0. The average Bonchev–Trinajstić information content (AvgIpc) is 2.30.